The van der Waals surface area contributed by atoms with E-state index in [1.807, 2.05) is 18.2 Å². The molecular weight excluding hydrogens is 256 g/mol. The Kier molecular flexibility index (Phi) is 4.88. The second-order valence-corrected chi connectivity index (χ2v) is 4.25. The predicted molar refractivity (Wildman–Crippen MR) is 75.0 cm³/mol. The largest absolute Gasteiger partial charge is 0.359 e. The standard InChI is InChI=1S/C14H16N4O2/c19-10-15-5-2-6-16-14(20)12-4-1-3-11(7-12)13-8-17-18-9-13/h1,3-4,7-10H,2,5-6H2,(H,15,19)(H,16,20)(H,17,18). The lowest BCUT2D eigenvalue weighted by Gasteiger charge is -2.06. The number of carbonyl (C=O) groups is 2. The van der Waals surface area contributed by atoms with Crippen LogP contribution in [0.4, 0.5) is 0 Å². The van der Waals surface area contributed by atoms with Gasteiger partial charge in [-0.05, 0) is 24.1 Å². The van der Waals surface area contributed by atoms with Gasteiger partial charge in [-0.1, -0.05) is 12.1 Å². The van der Waals surface area contributed by atoms with E-state index in [-0.39, 0.29) is 5.91 Å². The van der Waals surface area contributed by atoms with Gasteiger partial charge in [0.15, 0.2) is 0 Å². The van der Waals surface area contributed by atoms with Crippen LogP contribution in [0.5, 0.6) is 0 Å². The SMILES string of the molecule is O=CNCCCNC(=O)c1cccc(-c2cn[nH]c2)c1. The summed E-state index contributed by atoms with van der Waals surface area (Å²) in [6.07, 6.45) is 4.84. The summed E-state index contributed by atoms with van der Waals surface area (Å²) in [5.74, 6) is -0.124. The molecule has 0 aliphatic heterocycles. The lowest BCUT2D eigenvalue weighted by molar-refractivity contribution is -0.109. The van der Waals surface area contributed by atoms with Crippen molar-refractivity contribution in [2.45, 2.75) is 6.42 Å². The normalized spacial score (nSPS) is 10.0. The molecule has 0 saturated carbocycles. The number of H-pyrrole nitrogens is 1. The third-order valence-electron chi connectivity index (χ3n) is 2.82. The zero-order valence-corrected chi connectivity index (χ0v) is 10.9. The fourth-order valence-electron chi connectivity index (χ4n) is 1.80. The van der Waals surface area contributed by atoms with Gasteiger partial charge in [-0.25, -0.2) is 0 Å². The van der Waals surface area contributed by atoms with E-state index in [9.17, 15) is 9.59 Å². The van der Waals surface area contributed by atoms with E-state index in [2.05, 4.69) is 20.8 Å². The van der Waals surface area contributed by atoms with E-state index in [1.165, 1.54) is 0 Å². The first kappa shape index (κ1) is 13.8. The van der Waals surface area contributed by atoms with Crippen LogP contribution in [0, 0.1) is 0 Å². The third-order valence-corrected chi connectivity index (χ3v) is 2.82. The van der Waals surface area contributed by atoms with Gasteiger partial charge < -0.3 is 10.6 Å². The minimum Gasteiger partial charge on any atom is -0.359 e. The molecule has 0 fully saturated rings. The summed E-state index contributed by atoms with van der Waals surface area (Å²) >= 11 is 0. The monoisotopic (exact) mass is 272 g/mol. The maximum absolute atomic E-state index is 12.0. The van der Waals surface area contributed by atoms with Crippen LogP contribution >= 0.6 is 0 Å². The smallest absolute Gasteiger partial charge is 0.251 e. The van der Waals surface area contributed by atoms with Crippen molar-refractivity contribution < 1.29 is 9.59 Å². The van der Waals surface area contributed by atoms with Crippen LogP contribution in [0.1, 0.15) is 16.8 Å². The second-order valence-electron chi connectivity index (χ2n) is 4.25. The highest BCUT2D eigenvalue weighted by Gasteiger charge is 2.06. The number of nitrogens with one attached hydrogen (secondary N) is 3. The van der Waals surface area contributed by atoms with Gasteiger partial charge in [0.25, 0.3) is 5.91 Å². The van der Waals surface area contributed by atoms with Crippen LogP contribution in [0.3, 0.4) is 0 Å². The van der Waals surface area contributed by atoms with E-state index < -0.39 is 0 Å². The van der Waals surface area contributed by atoms with Crippen molar-refractivity contribution in [3.8, 4) is 11.1 Å². The first-order valence-electron chi connectivity index (χ1n) is 6.35. The predicted octanol–water partition coefficient (Wildman–Crippen LogP) is 0.943. The van der Waals surface area contributed by atoms with Crippen LogP contribution in [-0.4, -0.2) is 35.6 Å². The summed E-state index contributed by atoms with van der Waals surface area (Å²) < 4.78 is 0. The van der Waals surface area contributed by atoms with Crippen molar-refractivity contribution in [3.63, 3.8) is 0 Å². The number of aromatic amines is 1. The van der Waals surface area contributed by atoms with E-state index in [1.54, 1.807) is 18.5 Å². The summed E-state index contributed by atoms with van der Waals surface area (Å²) in [5, 5.41) is 12.0. The molecular formula is C14H16N4O2. The average Bonchev–Trinajstić information content (AvgIpc) is 3.01. The third kappa shape index (κ3) is 3.68. The minimum atomic E-state index is -0.124. The number of benzene rings is 1. The summed E-state index contributed by atoms with van der Waals surface area (Å²) in [5.41, 5.74) is 2.48. The highest BCUT2D eigenvalue weighted by atomic mass is 16.1. The van der Waals surface area contributed by atoms with Crippen LogP contribution in [0.25, 0.3) is 11.1 Å². The fraction of sp³-hybridized carbons (Fsp3) is 0.214. The Labute approximate surface area is 116 Å². The molecule has 2 amide bonds. The number of rotatable bonds is 7. The van der Waals surface area contributed by atoms with Gasteiger partial charge in [0.1, 0.15) is 0 Å². The molecule has 1 aromatic heterocycles. The molecule has 0 aliphatic rings. The van der Waals surface area contributed by atoms with Gasteiger partial charge in [0.05, 0.1) is 6.20 Å². The van der Waals surface area contributed by atoms with Crippen molar-refractivity contribution in [3.05, 3.63) is 42.2 Å². The molecule has 6 nitrogen and oxygen atoms in total. The number of carbonyl (C=O) groups excluding carboxylic acids is 2. The van der Waals surface area contributed by atoms with E-state index in [4.69, 9.17) is 0 Å². The molecule has 2 aromatic rings. The molecule has 0 saturated heterocycles. The van der Waals surface area contributed by atoms with Crippen LogP contribution < -0.4 is 10.6 Å². The number of hydrogen-bond acceptors (Lipinski definition) is 3. The molecule has 0 unspecified atom stereocenters. The summed E-state index contributed by atoms with van der Waals surface area (Å²) in [6.45, 7) is 1.08. The molecule has 0 spiro atoms. The van der Waals surface area contributed by atoms with E-state index >= 15 is 0 Å². The zero-order valence-electron chi connectivity index (χ0n) is 10.9. The second kappa shape index (κ2) is 7.08. The maximum atomic E-state index is 12.0. The van der Waals surface area contributed by atoms with Gasteiger partial charge in [-0.2, -0.15) is 5.10 Å². The Morgan fingerprint density at radius 2 is 2.20 bits per heavy atom. The average molecular weight is 272 g/mol. The van der Waals surface area contributed by atoms with Crippen molar-refractivity contribution in [1.29, 1.82) is 0 Å². The maximum Gasteiger partial charge on any atom is 0.251 e. The Morgan fingerprint density at radius 1 is 1.30 bits per heavy atom. The summed E-state index contributed by atoms with van der Waals surface area (Å²) in [4.78, 5) is 22.0. The topological polar surface area (TPSA) is 86.9 Å². The van der Waals surface area contributed by atoms with Crippen LogP contribution in [0.2, 0.25) is 0 Å². The number of hydrogen-bond donors (Lipinski definition) is 3. The van der Waals surface area contributed by atoms with E-state index in [0.717, 1.165) is 11.1 Å². The first-order valence-corrected chi connectivity index (χ1v) is 6.35. The molecule has 6 heteroatoms. The Bertz CT molecular complexity index is 566. The lowest BCUT2D eigenvalue weighted by Crippen LogP contribution is -2.27. The highest BCUT2D eigenvalue weighted by molar-refractivity contribution is 5.95. The van der Waals surface area contributed by atoms with Gasteiger partial charge in [0.2, 0.25) is 6.41 Å². The number of aromatic nitrogens is 2. The van der Waals surface area contributed by atoms with Crippen LogP contribution in [-0.2, 0) is 4.79 Å². The quantitative estimate of drug-likeness (QED) is 0.518. The summed E-state index contributed by atoms with van der Waals surface area (Å²) in [7, 11) is 0. The Balaban J connectivity index is 1.93. The molecule has 104 valence electrons. The van der Waals surface area contributed by atoms with Crippen molar-refractivity contribution in [2.24, 2.45) is 0 Å². The minimum absolute atomic E-state index is 0.124. The Morgan fingerprint density at radius 3 is 2.95 bits per heavy atom. The van der Waals surface area contributed by atoms with Crippen molar-refractivity contribution in [1.82, 2.24) is 20.8 Å². The summed E-state index contributed by atoms with van der Waals surface area (Å²) in [6, 6.07) is 7.35. The number of nitrogens with zero attached hydrogens (tertiary/aromatic N) is 1. The molecule has 3 N–H and O–H groups in total. The van der Waals surface area contributed by atoms with Gasteiger partial charge in [-0.3, -0.25) is 14.7 Å². The highest BCUT2D eigenvalue weighted by Crippen LogP contribution is 2.18. The fourth-order valence-corrected chi connectivity index (χ4v) is 1.80. The van der Waals surface area contributed by atoms with Crippen LogP contribution in [0.15, 0.2) is 36.7 Å². The molecule has 0 bridgehead atoms. The van der Waals surface area contributed by atoms with Gasteiger partial charge in [0, 0.05) is 30.4 Å². The molecule has 1 aromatic carbocycles. The zero-order chi connectivity index (χ0) is 14.2. The molecule has 0 radical (unpaired) electrons. The van der Waals surface area contributed by atoms with E-state index in [0.29, 0.717) is 31.5 Å². The molecule has 20 heavy (non-hydrogen) atoms. The lowest BCUT2D eigenvalue weighted by atomic mass is 10.1. The van der Waals surface area contributed by atoms with Gasteiger partial charge in [-0.15, -0.1) is 0 Å². The van der Waals surface area contributed by atoms with Gasteiger partial charge >= 0.3 is 0 Å². The molecule has 0 aliphatic carbocycles. The number of amides is 2. The van der Waals surface area contributed by atoms with Crippen molar-refractivity contribution >= 4 is 12.3 Å². The Hall–Kier alpha value is -2.63. The molecule has 2 rings (SSSR count). The van der Waals surface area contributed by atoms with Crippen molar-refractivity contribution in [2.75, 3.05) is 13.1 Å². The molecule has 0 atom stereocenters. The first-order chi connectivity index (χ1) is 9.81. The molecule has 1 heterocycles.